The predicted octanol–water partition coefficient (Wildman–Crippen LogP) is 1.59. The molecule has 1 amide bonds. The van der Waals surface area contributed by atoms with Gasteiger partial charge in [-0.1, -0.05) is 13.8 Å². The monoisotopic (exact) mass is 180 g/mol. The van der Waals surface area contributed by atoms with Gasteiger partial charge in [-0.2, -0.15) is 5.26 Å². The van der Waals surface area contributed by atoms with Crippen molar-refractivity contribution in [1.29, 1.82) is 5.26 Å². The van der Waals surface area contributed by atoms with Crippen LogP contribution < -0.4 is 5.32 Å². The van der Waals surface area contributed by atoms with Crippen LogP contribution in [0.4, 0.5) is 0 Å². The maximum Gasteiger partial charge on any atom is 0.234 e. The van der Waals surface area contributed by atoms with Crippen LogP contribution in [-0.4, -0.2) is 11.9 Å². The third-order valence-electron chi connectivity index (χ3n) is 2.57. The summed E-state index contributed by atoms with van der Waals surface area (Å²) in [6.07, 6.45) is 3.22. The third kappa shape index (κ3) is 3.06. The first-order valence-electron chi connectivity index (χ1n) is 4.70. The van der Waals surface area contributed by atoms with Gasteiger partial charge in [0, 0.05) is 6.04 Å². The van der Waals surface area contributed by atoms with Crippen molar-refractivity contribution in [1.82, 2.24) is 5.32 Å². The molecule has 1 rings (SSSR count). The molecule has 0 aromatic carbocycles. The second-order valence-electron chi connectivity index (χ2n) is 4.51. The molecule has 0 aromatic rings. The molecule has 0 aromatic heterocycles. The predicted molar refractivity (Wildman–Crippen MR) is 49.8 cm³/mol. The normalized spacial score (nSPS) is 25.2. The lowest BCUT2D eigenvalue weighted by atomic mass is 9.92. The van der Waals surface area contributed by atoms with Crippen molar-refractivity contribution >= 4 is 5.91 Å². The number of carbonyl (C=O) groups is 1. The lowest BCUT2D eigenvalue weighted by Crippen LogP contribution is -2.33. The molecule has 0 spiro atoms. The molecule has 1 aliphatic rings. The topological polar surface area (TPSA) is 52.9 Å². The van der Waals surface area contributed by atoms with E-state index in [-0.39, 0.29) is 18.4 Å². The van der Waals surface area contributed by atoms with Gasteiger partial charge in [-0.3, -0.25) is 4.79 Å². The Hall–Kier alpha value is -1.04. The van der Waals surface area contributed by atoms with Crippen molar-refractivity contribution in [3.05, 3.63) is 0 Å². The molecule has 0 saturated heterocycles. The first-order valence-corrected chi connectivity index (χ1v) is 4.70. The lowest BCUT2D eigenvalue weighted by Gasteiger charge is -2.17. The van der Waals surface area contributed by atoms with Crippen molar-refractivity contribution in [2.45, 2.75) is 45.6 Å². The van der Waals surface area contributed by atoms with E-state index in [0.717, 1.165) is 19.3 Å². The molecule has 72 valence electrons. The van der Waals surface area contributed by atoms with Gasteiger partial charge in [-0.15, -0.1) is 0 Å². The van der Waals surface area contributed by atoms with Crippen molar-refractivity contribution < 1.29 is 4.79 Å². The maximum atomic E-state index is 11.1. The minimum absolute atomic E-state index is 0.0169. The van der Waals surface area contributed by atoms with E-state index >= 15 is 0 Å². The first-order chi connectivity index (χ1) is 6.03. The summed E-state index contributed by atoms with van der Waals surface area (Å²) in [4.78, 5) is 11.1. The highest BCUT2D eigenvalue weighted by atomic mass is 16.1. The van der Waals surface area contributed by atoms with Gasteiger partial charge in [0.15, 0.2) is 0 Å². The Bertz CT molecular complexity index is 240. The molecule has 1 unspecified atom stereocenters. The van der Waals surface area contributed by atoms with Crippen LogP contribution in [0.5, 0.6) is 0 Å². The Kier molecular flexibility index (Phi) is 2.92. The van der Waals surface area contributed by atoms with Gasteiger partial charge in [-0.05, 0) is 24.7 Å². The van der Waals surface area contributed by atoms with E-state index in [0.29, 0.717) is 5.41 Å². The Morgan fingerprint density at radius 1 is 1.69 bits per heavy atom. The van der Waals surface area contributed by atoms with E-state index in [1.807, 2.05) is 6.07 Å². The summed E-state index contributed by atoms with van der Waals surface area (Å²) in [5, 5.41) is 11.2. The van der Waals surface area contributed by atoms with Crippen LogP contribution in [0.25, 0.3) is 0 Å². The Morgan fingerprint density at radius 2 is 2.38 bits per heavy atom. The molecule has 3 heteroatoms. The second kappa shape index (κ2) is 3.78. The molecule has 0 aliphatic heterocycles. The standard InChI is InChI=1S/C10H16N2O/c1-10(2)5-3-8(7-10)12-9(13)4-6-11/h8H,3-5,7H2,1-2H3,(H,12,13). The summed E-state index contributed by atoms with van der Waals surface area (Å²) in [7, 11) is 0. The highest BCUT2D eigenvalue weighted by Gasteiger charge is 2.31. The van der Waals surface area contributed by atoms with Crippen molar-refractivity contribution in [2.24, 2.45) is 5.41 Å². The number of hydrogen-bond donors (Lipinski definition) is 1. The summed E-state index contributed by atoms with van der Waals surface area (Å²) in [5.41, 5.74) is 0.352. The molecule has 1 saturated carbocycles. The summed E-state index contributed by atoms with van der Waals surface area (Å²) in [5.74, 6) is -0.134. The summed E-state index contributed by atoms with van der Waals surface area (Å²) in [6, 6.07) is 2.14. The Labute approximate surface area is 79.1 Å². The molecule has 1 aliphatic carbocycles. The molecule has 0 bridgehead atoms. The number of carbonyl (C=O) groups excluding carboxylic acids is 1. The fraction of sp³-hybridized carbons (Fsp3) is 0.800. The third-order valence-corrected chi connectivity index (χ3v) is 2.57. The zero-order valence-corrected chi connectivity index (χ0v) is 8.26. The highest BCUT2D eigenvalue weighted by Crippen LogP contribution is 2.36. The van der Waals surface area contributed by atoms with E-state index in [1.54, 1.807) is 0 Å². The van der Waals surface area contributed by atoms with Crippen LogP contribution in [0, 0.1) is 16.7 Å². The molecular weight excluding hydrogens is 164 g/mol. The van der Waals surface area contributed by atoms with Gasteiger partial charge >= 0.3 is 0 Å². The minimum Gasteiger partial charge on any atom is -0.352 e. The van der Waals surface area contributed by atoms with Crippen LogP contribution in [0.1, 0.15) is 39.5 Å². The molecule has 3 nitrogen and oxygen atoms in total. The molecule has 0 radical (unpaired) electrons. The minimum atomic E-state index is -0.134. The van der Waals surface area contributed by atoms with Crippen LogP contribution in [0.15, 0.2) is 0 Å². The average molecular weight is 180 g/mol. The average Bonchev–Trinajstić information content (AvgIpc) is 2.30. The van der Waals surface area contributed by atoms with Crippen molar-refractivity contribution in [2.75, 3.05) is 0 Å². The summed E-state index contributed by atoms with van der Waals surface area (Å²) >= 11 is 0. The molecular formula is C10H16N2O. The van der Waals surface area contributed by atoms with E-state index in [2.05, 4.69) is 19.2 Å². The number of nitrogens with zero attached hydrogens (tertiary/aromatic N) is 1. The lowest BCUT2D eigenvalue weighted by molar-refractivity contribution is -0.120. The molecule has 0 heterocycles. The van der Waals surface area contributed by atoms with Crippen LogP contribution in [-0.2, 0) is 4.79 Å². The zero-order valence-electron chi connectivity index (χ0n) is 8.26. The van der Waals surface area contributed by atoms with Crippen LogP contribution in [0.3, 0.4) is 0 Å². The zero-order chi connectivity index (χ0) is 9.90. The fourth-order valence-electron chi connectivity index (χ4n) is 1.91. The van der Waals surface area contributed by atoms with Gasteiger partial charge < -0.3 is 5.32 Å². The number of nitriles is 1. The largest absolute Gasteiger partial charge is 0.352 e. The number of nitrogens with one attached hydrogen (secondary N) is 1. The first kappa shape index (κ1) is 10.0. The second-order valence-corrected chi connectivity index (χ2v) is 4.51. The van der Waals surface area contributed by atoms with Gasteiger partial charge in [0.1, 0.15) is 6.42 Å². The SMILES string of the molecule is CC1(C)CCC(NC(=O)CC#N)C1. The molecule has 1 N–H and O–H groups in total. The maximum absolute atomic E-state index is 11.1. The van der Waals surface area contributed by atoms with Crippen LogP contribution in [0.2, 0.25) is 0 Å². The van der Waals surface area contributed by atoms with Crippen molar-refractivity contribution in [3.63, 3.8) is 0 Å². The Morgan fingerprint density at radius 3 is 2.85 bits per heavy atom. The summed E-state index contributed by atoms with van der Waals surface area (Å²) < 4.78 is 0. The van der Waals surface area contributed by atoms with Gasteiger partial charge in [0.2, 0.25) is 5.91 Å². The number of rotatable bonds is 2. The quantitative estimate of drug-likeness (QED) is 0.701. The molecule has 1 atom stereocenters. The van der Waals surface area contributed by atoms with Gasteiger partial charge in [0.05, 0.1) is 6.07 Å². The van der Waals surface area contributed by atoms with E-state index in [1.165, 1.54) is 0 Å². The van der Waals surface area contributed by atoms with Crippen molar-refractivity contribution in [3.8, 4) is 6.07 Å². The number of hydrogen-bond acceptors (Lipinski definition) is 2. The fourth-order valence-corrected chi connectivity index (χ4v) is 1.91. The van der Waals surface area contributed by atoms with E-state index in [4.69, 9.17) is 5.26 Å². The highest BCUT2D eigenvalue weighted by molar-refractivity contribution is 5.78. The molecule has 13 heavy (non-hydrogen) atoms. The van der Waals surface area contributed by atoms with Gasteiger partial charge in [0.25, 0.3) is 0 Å². The smallest absolute Gasteiger partial charge is 0.234 e. The van der Waals surface area contributed by atoms with Crippen LogP contribution >= 0.6 is 0 Å². The summed E-state index contributed by atoms with van der Waals surface area (Å²) in [6.45, 7) is 4.42. The Balaban J connectivity index is 2.33. The van der Waals surface area contributed by atoms with Gasteiger partial charge in [-0.25, -0.2) is 0 Å². The van der Waals surface area contributed by atoms with E-state index in [9.17, 15) is 4.79 Å². The number of amides is 1. The molecule has 1 fully saturated rings. The van der Waals surface area contributed by atoms with E-state index < -0.39 is 0 Å².